The molecule has 0 radical (unpaired) electrons. The summed E-state index contributed by atoms with van der Waals surface area (Å²) in [6, 6.07) is 1.76. The molecule has 0 aliphatic heterocycles. The van der Waals surface area contributed by atoms with E-state index in [4.69, 9.17) is 5.11 Å². The van der Waals surface area contributed by atoms with Gasteiger partial charge in [-0.3, -0.25) is 10.1 Å². The quantitative estimate of drug-likeness (QED) is 0.580. The van der Waals surface area contributed by atoms with Gasteiger partial charge in [-0.15, -0.1) is 0 Å². The van der Waals surface area contributed by atoms with E-state index in [0.717, 1.165) is 12.1 Å². The first-order valence-electron chi connectivity index (χ1n) is 5.85. The second-order valence-corrected chi connectivity index (χ2v) is 5.94. The molecule has 9 heteroatoms. The average molecular weight is 306 g/mol. The molecule has 0 heterocycles. The molecule has 0 fully saturated rings. The number of hydrogen-bond acceptors (Lipinski definition) is 5. The highest BCUT2D eigenvalue weighted by Crippen LogP contribution is 2.24. The molecule has 0 amide bonds. The Morgan fingerprint density at radius 1 is 1.50 bits per heavy atom. The Labute approximate surface area is 115 Å². The molecule has 1 aromatic carbocycles. The molecule has 0 bridgehead atoms. The first kappa shape index (κ1) is 16.5. The fourth-order valence-corrected chi connectivity index (χ4v) is 3.08. The van der Waals surface area contributed by atoms with E-state index in [2.05, 4.69) is 4.72 Å². The van der Waals surface area contributed by atoms with Crippen molar-refractivity contribution < 1.29 is 22.8 Å². The molecular formula is C11H15FN2O5S. The predicted molar refractivity (Wildman–Crippen MR) is 69.2 cm³/mol. The highest BCUT2D eigenvalue weighted by Gasteiger charge is 2.27. The van der Waals surface area contributed by atoms with Crippen LogP contribution in [0.25, 0.3) is 0 Å². The summed E-state index contributed by atoms with van der Waals surface area (Å²) in [7, 11) is -4.12. The Balaban J connectivity index is 3.06. The summed E-state index contributed by atoms with van der Waals surface area (Å²) >= 11 is 0. The topological polar surface area (TPSA) is 110 Å². The average Bonchev–Trinajstić information content (AvgIpc) is 2.35. The van der Waals surface area contributed by atoms with Gasteiger partial charge < -0.3 is 5.11 Å². The van der Waals surface area contributed by atoms with Crippen LogP contribution in [0.4, 0.5) is 10.1 Å². The number of nitrogens with zero attached hydrogens (tertiary/aromatic N) is 1. The standard InChI is InChI=1S/C11H15FN2O5S/c1-8(3-2-6-15)13-20(18,19)11-5-4-9(12)7-10(11)14(16)17/h4-5,7-8,13,15H,2-3,6H2,1H3. The Bertz CT molecular complexity index is 590. The largest absolute Gasteiger partial charge is 0.396 e. The summed E-state index contributed by atoms with van der Waals surface area (Å²) in [6.07, 6.45) is 0.778. The van der Waals surface area contributed by atoms with Crippen LogP contribution in [0.2, 0.25) is 0 Å². The number of rotatable bonds is 7. The number of nitro groups is 1. The van der Waals surface area contributed by atoms with Crippen molar-refractivity contribution in [2.75, 3.05) is 6.61 Å². The summed E-state index contributed by atoms with van der Waals surface area (Å²) < 4.78 is 39.3. The van der Waals surface area contributed by atoms with Crippen molar-refractivity contribution in [3.05, 3.63) is 34.1 Å². The van der Waals surface area contributed by atoms with E-state index in [0.29, 0.717) is 18.9 Å². The number of sulfonamides is 1. The van der Waals surface area contributed by atoms with Gasteiger partial charge >= 0.3 is 0 Å². The van der Waals surface area contributed by atoms with Crippen LogP contribution in [0.1, 0.15) is 19.8 Å². The lowest BCUT2D eigenvalue weighted by molar-refractivity contribution is -0.388. The maximum atomic E-state index is 13.0. The van der Waals surface area contributed by atoms with Gasteiger partial charge in [0.15, 0.2) is 4.90 Å². The summed E-state index contributed by atoms with van der Waals surface area (Å²) in [4.78, 5) is 9.26. The molecule has 112 valence electrons. The molecule has 1 atom stereocenters. The van der Waals surface area contributed by atoms with Gasteiger partial charge in [-0.25, -0.2) is 17.5 Å². The van der Waals surface area contributed by atoms with Gasteiger partial charge in [0.05, 0.1) is 11.0 Å². The van der Waals surface area contributed by atoms with Crippen LogP contribution in [0, 0.1) is 15.9 Å². The normalized spacial score (nSPS) is 13.2. The van der Waals surface area contributed by atoms with E-state index < -0.39 is 37.4 Å². The molecule has 1 aromatic rings. The van der Waals surface area contributed by atoms with Crippen molar-refractivity contribution in [2.24, 2.45) is 0 Å². The number of nitro benzene ring substituents is 1. The summed E-state index contributed by atoms with van der Waals surface area (Å²) in [6.45, 7) is 1.49. The number of aliphatic hydroxyl groups is 1. The smallest absolute Gasteiger partial charge is 0.292 e. The number of hydrogen-bond donors (Lipinski definition) is 2. The third-order valence-electron chi connectivity index (χ3n) is 2.56. The maximum absolute atomic E-state index is 13.0. The lowest BCUT2D eigenvalue weighted by Crippen LogP contribution is -2.33. The van der Waals surface area contributed by atoms with E-state index in [-0.39, 0.29) is 6.61 Å². The monoisotopic (exact) mass is 306 g/mol. The van der Waals surface area contributed by atoms with Crippen molar-refractivity contribution in [3.63, 3.8) is 0 Å². The van der Waals surface area contributed by atoms with E-state index >= 15 is 0 Å². The molecule has 0 saturated heterocycles. The molecule has 0 aliphatic carbocycles. The highest BCUT2D eigenvalue weighted by atomic mass is 32.2. The Morgan fingerprint density at radius 2 is 2.15 bits per heavy atom. The zero-order valence-corrected chi connectivity index (χ0v) is 11.6. The fourth-order valence-electron chi connectivity index (χ4n) is 1.65. The first-order valence-corrected chi connectivity index (χ1v) is 7.33. The zero-order chi connectivity index (χ0) is 15.3. The van der Waals surface area contributed by atoms with Crippen LogP contribution < -0.4 is 4.72 Å². The molecule has 1 rings (SSSR count). The van der Waals surface area contributed by atoms with Gasteiger partial charge in [-0.2, -0.15) is 0 Å². The fraction of sp³-hybridized carbons (Fsp3) is 0.455. The van der Waals surface area contributed by atoms with Crippen LogP contribution in [-0.4, -0.2) is 31.1 Å². The molecule has 0 spiro atoms. The van der Waals surface area contributed by atoms with Crippen molar-refractivity contribution >= 4 is 15.7 Å². The highest BCUT2D eigenvalue weighted by molar-refractivity contribution is 7.89. The molecule has 1 unspecified atom stereocenters. The van der Waals surface area contributed by atoms with E-state index in [1.807, 2.05) is 0 Å². The Hall–Kier alpha value is -1.58. The molecule has 20 heavy (non-hydrogen) atoms. The number of benzene rings is 1. The van der Waals surface area contributed by atoms with Gasteiger partial charge in [-0.1, -0.05) is 0 Å². The van der Waals surface area contributed by atoms with Crippen LogP contribution >= 0.6 is 0 Å². The molecular weight excluding hydrogens is 291 g/mol. The van der Waals surface area contributed by atoms with Crippen molar-refractivity contribution in [2.45, 2.75) is 30.7 Å². The minimum Gasteiger partial charge on any atom is -0.396 e. The summed E-state index contributed by atoms with van der Waals surface area (Å²) in [5.41, 5.74) is -0.813. The van der Waals surface area contributed by atoms with Gasteiger partial charge in [-0.05, 0) is 31.9 Å². The van der Waals surface area contributed by atoms with Crippen LogP contribution in [0.5, 0.6) is 0 Å². The van der Waals surface area contributed by atoms with E-state index in [1.54, 1.807) is 6.92 Å². The van der Waals surface area contributed by atoms with E-state index in [1.165, 1.54) is 0 Å². The van der Waals surface area contributed by atoms with Gasteiger partial charge in [0.2, 0.25) is 10.0 Å². The Kier molecular flexibility index (Phi) is 5.54. The second kappa shape index (κ2) is 6.73. The number of aliphatic hydroxyl groups excluding tert-OH is 1. The van der Waals surface area contributed by atoms with Crippen LogP contribution in [0.3, 0.4) is 0 Å². The maximum Gasteiger partial charge on any atom is 0.292 e. The van der Waals surface area contributed by atoms with Crippen molar-refractivity contribution in [3.8, 4) is 0 Å². The summed E-state index contributed by atoms with van der Waals surface area (Å²) in [5.74, 6) is -0.885. The van der Waals surface area contributed by atoms with E-state index in [9.17, 15) is 22.9 Å². The van der Waals surface area contributed by atoms with Crippen LogP contribution in [0.15, 0.2) is 23.1 Å². The third-order valence-corrected chi connectivity index (χ3v) is 4.20. The summed E-state index contributed by atoms with van der Waals surface area (Å²) in [5, 5.41) is 19.5. The minimum absolute atomic E-state index is 0.0806. The first-order chi connectivity index (χ1) is 9.27. The van der Waals surface area contributed by atoms with Gasteiger partial charge in [0.25, 0.3) is 5.69 Å². The lowest BCUT2D eigenvalue weighted by Gasteiger charge is -2.13. The van der Waals surface area contributed by atoms with Crippen molar-refractivity contribution in [1.82, 2.24) is 4.72 Å². The van der Waals surface area contributed by atoms with Crippen molar-refractivity contribution in [1.29, 1.82) is 0 Å². The SMILES string of the molecule is CC(CCCO)NS(=O)(=O)c1ccc(F)cc1[N+](=O)[O-]. The molecule has 0 aromatic heterocycles. The third kappa shape index (κ3) is 4.22. The number of nitrogens with one attached hydrogen (secondary N) is 1. The Morgan fingerprint density at radius 3 is 2.70 bits per heavy atom. The lowest BCUT2D eigenvalue weighted by atomic mass is 10.2. The predicted octanol–water partition coefficient (Wildman–Crippen LogP) is 1.17. The minimum atomic E-state index is -4.12. The molecule has 0 aliphatic rings. The molecule has 2 N–H and O–H groups in total. The van der Waals surface area contributed by atoms with Gasteiger partial charge in [0, 0.05) is 12.6 Å². The molecule has 0 saturated carbocycles. The molecule has 7 nitrogen and oxygen atoms in total. The zero-order valence-electron chi connectivity index (χ0n) is 10.7. The second-order valence-electron chi connectivity index (χ2n) is 4.26. The van der Waals surface area contributed by atoms with Gasteiger partial charge in [0.1, 0.15) is 5.82 Å². The van der Waals surface area contributed by atoms with Crippen LogP contribution in [-0.2, 0) is 10.0 Å². The number of halogens is 1.